The van der Waals surface area contributed by atoms with Gasteiger partial charge in [0.2, 0.25) is 0 Å². The van der Waals surface area contributed by atoms with Gasteiger partial charge in [0.25, 0.3) is 0 Å². The van der Waals surface area contributed by atoms with Crippen LogP contribution in [0, 0.1) is 5.92 Å². The van der Waals surface area contributed by atoms with Crippen molar-refractivity contribution in [3.05, 3.63) is 0 Å². The minimum atomic E-state index is 0.373. The van der Waals surface area contributed by atoms with Crippen molar-refractivity contribution in [3.63, 3.8) is 0 Å². The molecular formula is C10H22N2. The maximum absolute atomic E-state index is 5.92. The molecule has 2 nitrogen and oxygen atoms in total. The van der Waals surface area contributed by atoms with Crippen LogP contribution in [0.5, 0.6) is 0 Å². The van der Waals surface area contributed by atoms with Crippen LogP contribution in [0.1, 0.15) is 33.6 Å². The second-order valence-corrected chi connectivity index (χ2v) is 4.17. The summed E-state index contributed by atoms with van der Waals surface area (Å²) in [6, 6.07) is 1.11. The van der Waals surface area contributed by atoms with Crippen molar-refractivity contribution >= 4 is 0 Å². The highest BCUT2D eigenvalue weighted by atomic mass is 15.2. The Bertz CT molecular complexity index is 136. The zero-order valence-corrected chi connectivity index (χ0v) is 8.59. The van der Waals surface area contributed by atoms with Crippen molar-refractivity contribution in [2.24, 2.45) is 11.7 Å². The van der Waals surface area contributed by atoms with Crippen LogP contribution < -0.4 is 5.73 Å². The Kier molecular flexibility index (Phi) is 3.53. The smallest absolute Gasteiger partial charge is 0.0165 e. The molecule has 2 unspecified atom stereocenters. The second-order valence-electron chi connectivity index (χ2n) is 4.17. The van der Waals surface area contributed by atoms with E-state index in [2.05, 4.69) is 25.7 Å². The largest absolute Gasteiger partial charge is 0.327 e. The van der Waals surface area contributed by atoms with E-state index in [4.69, 9.17) is 5.73 Å². The summed E-state index contributed by atoms with van der Waals surface area (Å²) in [7, 11) is 0. The Morgan fingerprint density at radius 3 is 2.58 bits per heavy atom. The van der Waals surface area contributed by atoms with Crippen LogP contribution in [0.4, 0.5) is 0 Å². The first-order valence-corrected chi connectivity index (χ1v) is 5.14. The zero-order valence-electron chi connectivity index (χ0n) is 8.59. The van der Waals surface area contributed by atoms with E-state index >= 15 is 0 Å². The van der Waals surface area contributed by atoms with E-state index in [-0.39, 0.29) is 0 Å². The first kappa shape index (κ1) is 10.0. The first-order valence-electron chi connectivity index (χ1n) is 5.14. The number of rotatable bonds is 3. The summed E-state index contributed by atoms with van der Waals surface area (Å²) in [5.41, 5.74) is 5.92. The molecule has 12 heavy (non-hydrogen) atoms. The first-order chi connectivity index (χ1) is 5.65. The molecule has 0 bridgehead atoms. The Balaban J connectivity index is 2.33. The van der Waals surface area contributed by atoms with Gasteiger partial charge >= 0.3 is 0 Å². The monoisotopic (exact) mass is 170 g/mol. The summed E-state index contributed by atoms with van der Waals surface area (Å²) in [6.45, 7) is 9.15. The molecule has 1 aliphatic heterocycles. The fraction of sp³-hybridized carbons (Fsp3) is 1.00. The molecule has 1 heterocycles. The van der Waals surface area contributed by atoms with Crippen LogP contribution >= 0.6 is 0 Å². The van der Waals surface area contributed by atoms with Crippen molar-refractivity contribution in [1.82, 2.24) is 4.90 Å². The molecule has 0 aromatic rings. The average Bonchev–Trinajstić information content (AvgIpc) is 2.36. The van der Waals surface area contributed by atoms with E-state index in [9.17, 15) is 0 Å². The number of hydrogen-bond donors (Lipinski definition) is 1. The normalized spacial score (nSPS) is 34.0. The third kappa shape index (κ3) is 2.20. The third-order valence-corrected chi connectivity index (χ3v) is 3.26. The fourth-order valence-corrected chi connectivity index (χ4v) is 1.86. The molecule has 0 aromatic carbocycles. The fourth-order valence-electron chi connectivity index (χ4n) is 1.86. The average molecular weight is 170 g/mol. The van der Waals surface area contributed by atoms with Gasteiger partial charge in [0.05, 0.1) is 0 Å². The third-order valence-electron chi connectivity index (χ3n) is 3.26. The van der Waals surface area contributed by atoms with Crippen LogP contribution in [0.25, 0.3) is 0 Å². The van der Waals surface area contributed by atoms with Crippen LogP contribution in [0.15, 0.2) is 0 Å². The van der Waals surface area contributed by atoms with E-state index < -0.39 is 0 Å². The van der Waals surface area contributed by atoms with E-state index in [1.165, 1.54) is 13.0 Å². The molecule has 1 rings (SSSR count). The number of nitrogens with two attached hydrogens (primary N) is 1. The van der Waals surface area contributed by atoms with Gasteiger partial charge in [-0.1, -0.05) is 13.8 Å². The van der Waals surface area contributed by atoms with E-state index in [1.807, 2.05) is 0 Å². The van der Waals surface area contributed by atoms with Crippen molar-refractivity contribution < 1.29 is 0 Å². The molecule has 1 fully saturated rings. The maximum atomic E-state index is 5.92. The predicted octanol–water partition coefficient (Wildman–Crippen LogP) is 1.45. The van der Waals surface area contributed by atoms with Crippen molar-refractivity contribution in [2.45, 2.75) is 45.7 Å². The molecule has 0 amide bonds. The van der Waals surface area contributed by atoms with Crippen molar-refractivity contribution in [2.75, 3.05) is 13.1 Å². The molecule has 72 valence electrons. The molecule has 2 N–H and O–H groups in total. The summed E-state index contributed by atoms with van der Waals surface area (Å²) in [5, 5.41) is 0. The van der Waals surface area contributed by atoms with Crippen molar-refractivity contribution in [3.8, 4) is 0 Å². The molecule has 0 saturated carbocycles. The second kappa shape index (κ2) is 4.24. The lowest BCUT2D eigenvalue weighted by Crippen LogP contribution is -2.39. The Morgan fingerprint density at radius 1 is 1.50 bits per heavy atom. The summed E-state index contributed by atoms with van der Waals surface area (Å²) in [4.78, 5) is 2.53. The topological polar surface area (TPSA) is 29.3 Å². The van der Waals surface area contributed by atoms with Crippen LogP contribution in [-0.4, -0.2) is 30.1 Å². The van der Waals surface area contributed by atoms with Crippen LogP contribution in [0.2, 0.25) is 0 Å². The minimum absolute atomic E-state index is 0.373. The highest BCUT2D eigenvalue weighted by molar-refractivity contribution is 4.83. The lowest BCUT2D eigenvalue weighted by atomic mass is 10.1. The van der Waals surface area contributed by atoms with Crippen LogP contribution in [-0.2, 0) is 0 Å². The van der Waals surface area contributed by atoms with Gasteiger partial charge in [-0.2, -0.15) is 0 Å². The summed E-state index contributed by atoms with van der Waals surface area (Å²) in [5.74, 6) is 0.856. The molecule has 0 radical (unpaired) electrons. The number of nitrogens with zero attached hydrogens (tertiary/aromatic N) is 1. The van der Waals surface area contributed by atoms with Gasteiger partial charge in [0.15, 0.2) is 0 Å². The van der Waals surface area contributed by atoms with Crippen LogP contribution in [0.3, 0.4) is 0 Å². The number of hydrogen-bond acceptors (Lipinski definition) is 2. The Labute approximate surface area is 76.1 Å². The number of likely N-dealkylation sites (tertiary alicyclic amines) is 1. The van der Waals surface area contributed by atoms with E-state index in [0.29, 0.717) is 6.04 Å². The molecule has 0 spiro atoms. The molecule has 1 aliphatic rings. The molecule has 0 aliphatic carbocycles. The zero-order chi connectivity index (χ0) is 9.14. The van der Waals surface area contributed by atoms with Gasteiger partial charge in [-0.3, -0.25) is 4.90 Å². The van der Waals surface area contributed by atoms with Gasteiger partial charge in [-0.15, -0.1) is 0 Å². The Hall–Kier alpha value is -0.0800. The van der Waals surface area contributed by atoms with E-state index in [1.54, 1.807) is 0 Å². The standard InChI is InChI=1S/C10H22N2/c1-4-10(11)7-12-6-5-8(2)9(12)3/h8-10H,4-7,11H2,1-3H3/t8?,9?,10-/m0/s1. The lowest BCUT2D eigenvalue weighted by molar-refractivity contribution is 0.231. The Morgan fingerprint density at radius 2 is 2.17 bits per heavy atom. The summed E-state index contributed by atoms with van der Waals surface area (Å²) < 4.78 is 0. The SMILES string of the molecule is CC[C@H](N)CN1CCC(C)C1C. The summed E-state index contributed by atoms with van der Waals surface area (Å²) in [6.07, 6.45) is 2.44. The van der Waals surface area contributed by atoms with Gasteiger partial charge in [0, 0.05) is 18.6 Å². The van der Waals surface area contributed by atoms with Crippen molar-refractivity contribution in [1.29, 1.82) is 0 Å². The summed E-state index contributed by atoms with van der Waals surface area (Å²) >= 11 is 0. The highest BCUT2D eigenvalue weighted by Gasteiger charge is 2.27. The van der Waals surface area contributed by atoms with Gasteiger partial charge in [-0.05, 0) is 32.2 Å². The molecule has 1 saturated heterocycles. The quantitative estimate of drug-likeness (QED) is 0.694. The maximum Gasteiger partial charge on any atom is 0.0165 e. The van der Waals surface area contributed by atoms with Gasteiger partial charge < -0.3 is 5.73 Å². The molecule has 0 aromatic heterocycles. The van der Waals surface area contributed by atoms with E-state index in [0.717, 1.165) is 24.9 Å². The molecule has 3 atom stereocenters. The van der Waals surface area contributed by atoms with Gasteiger partial charge in [0.1, 0.15) is 0 Å². The lowest BCUT2D eigenvalue weighted by Gasteiger charge is -2.25. The molecular weight excluding hydrogens is 148 g/mol. The predicted molar refractivity (Wildman–Crippen MR) is 53.1 cm³/mol. The van der Waals surface area contributed by atoms with Gasteiger partial charge in [-0.25, -0.2) is 0 Å². The highest BCUT2D eigenvalue weighted by Crippen LogP contribution is 2.23. The molecule has 2 heteroatoms. The minimum Gasteiger partial charge on any atom is -0.327 e.